The van der Waals surface area contributed by atoms with Crippen molar-refractivity contribution in [3.05, 3.63) is 83.1 Å². The summed E-state index contributed by atoms with van der Waals surface area (Å²) in [5.41, 5.74) is 1.85. The van der Waals surface area contributed by atoms with E-state index in [1.807, 2.05) is 48.5 Å². The van der Waals surface area contributed by atoms with Gasteiger partial charge in [0, 0.05) is 5.56 Å². The lowest BCUT2D eigenvalue weighted by Crippen LogP contribution is -3.14. The predicted octanol–water partition coefficient (Wildman–Crippen LogP) is 2.99. The molecule has 0 spiro atoms. The van der Waals surface area contributed by atoms with Crippen molar-refractivity contribution in [2.75, 3.05) is 32.8 Å². The molecule has 150 valence electrons. The van der Waals surface area contributed by atoms with Gasteiger partial charge in [-0.05, 0) is 29.8 Å². The van der Waals surface area contributed by atoms with Gasteiger partial charge in [0.2, 0.25) is 0 Å². The Kier molecular flexibility index (Phi) is 6.30. The normalized spacial score (nSPS) is 15.8. The van der Waals surface area contributed by atoms with Gasteiger partial charge in [0.25, 0.3) is 5.91 Å². The number of quaternary nitrogens is 1. The van der Waals surface area contributed by atoms with Gasteiger partial charge in [-0.3, -0.25) is 4.79 Å². The smallest absolute Gasteiger partial charge is 0.287 e. The van der Waals surface area contributed by atoms with Gasteiger partial charge in [0.15, 0.2) is 5.76 Å². The second kappa shape index (κ2) is 9.27. The van der Waals surface area contributed by atoms with Crippen LogP contribution in [0.15, 0.2) is 71.1 Å². The average molecular weight is 412 g/mol. The zero-order chi connectivity index (χ0) is 20.1. The third-order valence-corrected chi connectivity index (χ3v) is 5.50. The Bertz CT molecular complexity index is 952. The number of furan rings is 1. The molecule has 3 aromatic rings. The minimum absolute atomic E-state index is 0.106. The number of carbonyl (C=O) groups is 1. The summed E-state index contributed by atoms with van der Waals surface area (Å²) in [6, 6.07) is 20.8. The highest BCUT2D eigenvalue weighted by Crippen LogP contribution is 2.29. The van der Waals surface area contributed by atoms with Gasteiger partial charge in [-0.2, -0.15) is 0 Å². The van der Waals surface area contributed by atoms with Gasteiger partial charge in [0.05, 0.1) is 18.2 Å². The fourth-order valence-corrected chi connectivity index (χ4v) is 3.81. The molecule has 1 atom stereocenters. The first-order valence-electron chi connectivity index (χ1n) is 9.82. The van der Waals surface area contributed by atoms with E-state index in [-0.39, 0.29) is 17.7 Å². The molecule has 0 bridgehead atoms. The maximum absolute atomic E-state index is 12.9. The van der Waals surface area contributed by atoms with Crippen LogP contribution >= 0.6 is 11.6 Å². The van der Waals surface area contributed by atoms with E-state index in [1.54, 1.807) is 18.2 Å². The van der Waals surface area contributed by atoms with Gasteiger partial charge in [-0.15, -0.1) is 0 Å². The van der Waals surface area contributed by atoms with E-state index in [0.29, 0.717) is 10.8 Å². The van der Waals surface area contributed by atoms with Crippen LogP contribution in [0.2, 0.25) is 5.02 Å². The first-order chi connectivity index (χ1) is 14.2. The third kappa shape index (κ3) is 4.88. The monoisotopic (exact) mass is 411 g/mol. The molecule has 0 aliphatic carbocycles. The van der Waals surface area contributed by atoms with Gasteiger partial charge >= 0.3 is 0 Å². The number of benzene rings is 2. The highest BCUT2D eigenvalue weighted by atomic mass is 35.5. The van der Waals surface area contributed by atoms with Crippen molar-refractivity contribution in [3.8, 4) is 11.3 Å². The van der Waals surface area contributed by atoms with Crippen LogP contribution in [0.4, 0.5) is 0 Å². The number of morpholine rings is 1. The van der Waals surface area contributed by atoms with Crippen LogP contribution in [0.5, 0.6) is 0 Å². The summed E-state index contributed by atoms with van der Waals surface area (Å²) in [5.74, 6) is 0.624. The molecule has 0 unspecified atom stereocenters. The highest BCUT2D eigenvalue weighted by molar-refractivity contribution is 6.33. The van der Waals surface area contributed by atoms with Crippen LogP contribution in [0.25, 0.3) is 11.3 Å². The summed E-state index contributed by atoms with van der Waals surface area (Å²) in [6.45, 7) is 4.19. The van der Waals surface area contributed by atoms with Gasteiger partial charge in [-0.25, -0.2) is 0 Å². The second-order valence-corrected chi connectivity index (χ2v) is 7.55. The fourth-order valence-electron chi connectivity index (χ4n) is 3.59. The molecular weight excluding hydrogens is 388 g/mol. The maximum Gasteiger partial charge on any atom is 0.287 e. The quantitative estimate of drug-likeness (QED) is 0.655. The molecule has 2 N–H and O–H groups in total. The van der Waals surface area contributed by atoms with E-state index in [1.165, 1.54) is 4.90 Å². The summed E-state index contributed by atoms with van der Waals surface area (Å²) < 4.78 is 11.3. The van der Waals surface area contributed by atoms with Crippen LogP contribution in [-0.2, 0) is 4.74 Å². The zero-order valence-corrected chi connectivity index (χ0v) is 16.8. The molecule has 1 amide bonds. The van der Waals surface area contributed by atoms with Crippen molar-refractivity contribution >= 4 is 17.5 Å². The molecule has 1 aliphatic heterocycles. The Morgan fingerprint density at radius 3 is 2.48 bits per heavy atom. The Morgan fingerprint density at radius 1 is 1.00 bits per heavy atom. The van der Waals surface area contributed by atoms with Crippen molar-refractivity contribution < 1.29 is 18.8 Å². The SMILES string of the molecule is O=C(N[C@H](C[NH+]1CCOCC1)c1ccccc1)c1ccc(-c2ccccc2Cl)o1. The topological polar surface area (TPSA) is 55.9 Å². The standard InChI is InChI=1S/C23H23ClN2O3/c24-19-9-5-4-8-18(19)21-10-11-22(29-21)23(27)25-20(17-6-2-1-3-7-17)16-26-12-14-28-15-13-26/h1-11,20H,12-16H2,(H,25,27)/p+1/t20-/m1/s1. The molecule has 1 saturated heterocycles. The predicted molar refractivity (Wildman–Crippen MR) is 112 cm³/mol. The van der Waals surface area contributed by atoms with Crippen molar-refractivity contribution in [3.63, 3.8) is 0 Å². The van der Waals surface area contributed by atoms with E-state index >= 15 is 0 Å². The number of rotatable bonds is 6. The molecular formula is C23H24ClN2O3+. The van der Waals surface area contributed by atoms with Crippen molar-refractivity contribution in [1.82, 2.24) is 5.32 Å². The summed E-state index contributed by atoms with van der Waals surface area (Å²) >= 11 is 6.25. The Labute approximate surface area is 175 Å². The maximum atomic E-state index is 12.9. The molecule has 2 heterocycles. The van der Waals surface area contributed by atoms with Crippen LogP contribution in [0.1, 0.15) is 22.2 Å². The molecule has 2 aromatic carbocycles. The van der Waals surface area contributed by atoms with Crippen LogP contribution in [-0.4, -0.2) is 38.8 Å². The minimum Gasteiger partial charge on any atom is -0.451 e. The van der Waals surface area contributed by atoms with Crippen LogP contribution in [0.3, 0.4) is 0 Å². The fraction of sp³-hybridized carbons (Fsp3) is 0.261. The van der Waals surface area contributed by atoms with E-state index in [2.05, 4.69) is 5.32 Å². The Balaban J connectivity index is 1.51. The number of hydrogen-bond acceptors (Lipinski definition) is 3. The van der Waals surface area contributed by atoms with Crippen molar-refractivity contribution in [1.29, 1.82) is 0 Å². The molecule has 5 nitrogen and oxygen atoms in total. The average Bonchev–Trinajstić information content (AvgIpc) is 3.25. The lowest BCUT2D eigenvalue weighted by molar-refractivity contribution is -0.909. The summed E-state index contributed by atoms with van der Waals surface area (Å²) in [4.78, 5) is 14.3. The lowest BCUT2D eigenvalue weighted by Gasteiger charge is -2.28. The molecule has 1 aromatic heterocycles. The Morgan fingerprint density at radius 2 is 1.72 bits per heavy atom. The molecule has 6 heteroatoms. The third-order valence-electron chi connectivity index (χ3n) is 5.17. The number of amides is 1. The Hall–Kier alpha value is -2.60. The molecule has 0 saturated carbocycles. The lowest BCUT2D eigenvalue weighted by atomic mass is 10.1. The van der Waals surface area contributed by atoms with Crippen molar-refractivity contribution in [2.45, 2.75) is 6.04 Å². The van der Waals surface area contributed by atoms with Gasteiger partial charge in [0.1, 0.15) is 31.4 Å². The number of carbonyl (C=O) groups excluding carboxylic acids is 1. The van der Waals surface area contributed by atoms with E-state index < -0.39 is 0 Å². The molecule has 0 radical (unpaired) electrons. The zero-order valence-electron chi connectivity index (χ0n) is 16.1. The van der Waals surface area contributed by atoms with Crippen molar-refractivity contribution in [2.24, 2.45) is 0 Å². The molecule has 1 aliphatic rings. The summed E-state index contributed by atoms with van der Waals surface area (Å²) in [5, 5.41) is 3.74. The van der Waals surface area contributed by atoms with Gasteiger partial charge < -0.3 is 19.4 Å². The number of ether oxygens (including phenoxy) is 1. The largest absolute Gasteiger partial charge is 0.451 e. The molecule has 29 heavy (non-hydrogen) atoms. The minimum atomic E-state index is -0.232. The van der Waals surface area contributed by atoms with E-state index in [9.17, 15) is 4.79 Å². The number of nitrogens with one attached hydrogen (secondary N) is 2. The first-order valence-corrected chi connectivity index (χ1v) is 10.2. The first kappa shape index (κ1) is 19.7. The molecule has 1 fully saturated rings. The van der Waals surface area contributed by atoms with Gasteiger partial charge in [-0.1, -0.05) is 54.1 Å². The van der Waals surface area contributed by atoms with E-state index in [4.69, 9.17) is 20.8 Å². The number of halogens is 1. The van der Waals surface area contributed by atoms with Crippen LogP contribution < -0.4 is 10.2 Å². The van der Waals surface area contributed by atoms with E-state index in [0.717, 1.165) is 44.0 Å². The molecule has 4 rings (SSSR count). The van der Waals surface area contributed by atoms with Crippen LogP contribution in [0, 0.1) is 0 Å². The number of hydrogen-bond donors (Lipinski definition) is 2. The second-order valence-electron chi connectivity index (χ2n) is 7.15. The summed E-state index contributed by atoms with van der Waals surface area (Å²) in [6.07, 6.45) is 0. The summed E-state index contributed by atoms with van der Waals surface area (Å²) in [7, 11) is 0. The highest BCUT2D eigenvalue weighted by Gasteiger charge is 2.24.